The molecule has 0 atom stereocenters. The maximum Gasteiger partial charge on any atom is 0.231 e. The summed E-state index contributed by atoms with van der Waals surface area (Å²) in [6.45, 7) is 6.23. The number of hydrogen-bond donors (Lipinski definition) is 2. The number of benzene rings is 1. The summed E-state index contributed by atoms with van der Waals surface area (Å²) in [6.07, 6.45) is 0.909. The highest BCUT2D eigenvalue weighted by molar-refractivity contribution is 14.0. The third kappa shape index (κ3) is 6.42. The van der Waals surface area contributed by atoms with E-state index < -0.39 is 0 Å². The molecule has 1 heterocycles. The Morgan fingerprint density at radius 1 is 1.22 bits per heavy atom. The Morgan fingerprint density at radius 2 is 1.96 bits per heavy atom. The summed E-state index contributed by atoms with van der Waals surface area (Å²) in [5.41, 5.74) is 1.22. The Balaban J connectivity index is 0.00000264. The van der Waals surface area contributed by atoms with E-state index in [2.05, 4.69) is 40.6 Å². The number of nitrogens with zero attached hydrogens (tertiary/aromatic N) is 2. The normalized spacial score (nSPS) is 13.0. The minimum atomic E-state index is 0. The number of fused-ring (bicyclic) bond motifs is 1. The number of hydrogen-bond acceptors (Lipinski definition) is 4. The molecule has 1 aliphatic rings. The van der Waals surface area contributed by atoms with E-state index >= 15 is 0 Å². The Labute approximate surface area is 155 Å². The van der Waals surface area contributed by atoms with Gasteiger partial charge in [-0.2, -0.15) is 0 Å². The third-order valence-electron chi connectivity index (χ3n) is 3.69. The molecule has 0 aliphatic carbocycles. The van der Waals surface area contributed by atoms with Crippen LogP contribution in [-0.2, 0) is 6.42 Å². The summed E-state index contributed by atoms with van der Waals surface area (Å²) in [6, 6.07) is 6.07. The van der Waals surface area contributed by atoms with E-state index in [9.17, 15) is 0 Å². The van der Waals surface area contributed by atoms with Gasteiger partial charge in [-0.05, 0) is 37.7 Å². The predicted octanol–water partition coefficient (Wildman–Crippen LogP) is 1.69. The van der Waals surface area contributed by atoms with Crippen LogP contribution >= 0.6 is 24.0 Å². The Morgan fingerprint density at radius 3 is 2.70 bits per heavy atom. The predicted molar refractivity (Wildman–Crippen MR) is 104 cm³/mol. The molecule has 0 fully saturated rings. The highest BCUT2D eigenvalue weighted by Gasteiger charge is 2.12. The minimum Gasteiger partial charge on any atom is -0.454 e. The second-order valence-corrected chi connectivity index (χ2v) is 5.26. The third-order valence-corrected chi connectivity index (χ3v) is 3.69. The number of aliphatic imine (C=N–C) groups is 1. The SMILES string of the molecule is CCN(C)CCNC(=NC)NCCc1ccc2c(c1)OCO2.I. The summed E-state index contributed by atoms with van der Waals surface area (Å²) in [5.74, 6) is 2.50. The second kappa shape index (κ2) is 10.5. The molecular formula is C16H27IN4O2. The number of halogens is 1. The topological polar surface area (TPSA) is 58.1 Å². The summed E-state index contributed by atoms with van der Waals surface area (Å²) in [7, 11) is 3.90. The lowest BCUT2D eigenvalue weighted by molar-refractivity contribution is 0.174. The van der Waals surface area contributed by atoms with Crippen molar-refractivity contribution in [3.8, 4) is 11.5 Å². The van der Waals surface area contributed by atoms with Gasteiger partial charge in [0.25, 0.3) is 0 Å². The summed E-state index contributed by atoms with van der Waals surface area (Å²) >= 11 is 0. The molecule has 0 unspecified atom stereocenters. The van der Waals surface area contributed by atoms with Crippen LogP contribution < -0.4 is 20.1 Å². The molecule has 0 radical (unpaired) electrons. The van der Waals surface area contributed by atoms with E-state index in [1.807, 2.05) is 12.1 Å². The van der Waals surface area contributed by atoms with Gasteiger partial charge in [-0.25, -0.2) is 0 Å². The van der Waals surface area contributed by atoms with Gasteiger partial charge in [0.1, 0.15) is 0 Å². The van der Waals surface area contributed by atoms with Gasteiger partial charge in [-0.15, -0.1) is 24.0 Å². The molecule has 23 heavy (non-hydrogen) atoms. The lowest BCUT2D eigenvalue weighted by Crippen LogP contribution is -2.41. The average molecular weight is 434 g/mol. The van der Waals surface area contributed by atoms with Crippen molar-refractivity contribution in [2.75, 3.05) is 47.1 Å². The van der Waals surface area contributed by atoms with Crippen molar-refractivity contribution < 1.29 is 9.47 Å². The van der Waals surface area contributed by atoms with Crippen molar-refractivity contribution in [2.45, 2.75) is 13.3 Å². The Hall–Kier alpha value is -1.22. The largest absolute Gasteiger partial charge is 0.454 e. The molecule has 1 aromatic carbocycles. The highest BCUT2D eigenvalue weighted by atomic mass is 127. The fourth-order valence-electron chi connectivity index (χ4n) is 2.17. The van der Waals surface area contributed by atoms with Gasteiger partial charge >= 0.3 is 0 Å². The van der Waals surface area contributed by atoms with Gasteiger partial charge in [0.2, 0.25) is 6.79 Å². The molecule has 1 aromatic rings. The molecule has 2 N–H and O–H groups in total. The van der Waals surface area contributed by atoms with E-state index in [0.717, 1.165) is 50.1 Å². The lowest BCUT2D eigenvalue weighted by atomic mass is 10.1. The van der Waals surface area contributed by atoms with E-state index in [-0.39, 0.29) is 24.0 Å². The summed E-state index contributed by atoms with van der Waals surface area (Å²) < 4.78 is 10.7. The van der Waals surface area contributed by atoms with Gasteiger partial charge in [0.05, 0.1) is 0 Å². The summed E-state index contributed by atoms with van der Waals surface area (Å²) in [5, 5.41) is 6.64. The molecule has 6 nitrogen and oxygen atoms in total. The molecule has 1 aliphatic heterocycles. The van der Waals surface area contributed by atoms with Crippen LogP contribution in [0.2, 0.25) is 0 Å². The number of rotatable bonds is 7. The van der Waals surface area contributed by atoms with Gasteiger partial charge in [-0.3, -0.25) is 4.99 Å². The quantitative estimate of drug-likeness (QED) is 0.389. The lowest BCUT2D eigenvalue weighted by Gasteiger charge is -2.16. The maximum absolute atomic E-state index is 5.39. The number of likely N-dealkylation sites (N-methyl/N-ethyl adjacent to an activating group) is 1. The van der Waals surface area contributed by atoms with Gasteiger partial charge in [0.15, 0.2) is 17.5 Å². The first-order valence-corrected chi connectivity index (χ1v) is 7.74. The van der Waals surface area contributed by atoms with Crippen LogP contribution in [0.1, 0.15) is 12.5 Å². The molecule has 130 valence electrons. The van der Waals surface area contributed by atoms with Crippen molar-refractivity contribution in [1.82, 2.24) is 15.5 Å². The van der Waals surface area contributed by atoms with Gasteiger partial charge in [0, 0.05) is 26.7 Å². The number of guanidine groups is 1. The number of nitrogens with one attached hydrogen (secondary N) is 2. The van der Waals surface area contributed by atoms with Crippen LogP contribution in [0.5, 0.6) is 11.5 Å². The summed E-state index contributed by atoms with van der Waals surface area (Å²) in [4.78, 5) is 6.49. The van der Waals surface area contributed by atoms with E-state index in [0.29, 0.717) is 6.79 Å². The molecular weight excluding hydrogens is 407 g/mol. The minimum absolute atomic E-state index is 0. The molecule has 7 heteroatoms. The van der Waals surface area contributed by atoms with E-state index in [1.54, 1.807) is 7.05 Å². The van der Waals surface area contributed by atoms with Gasteiger partial charge in [-0.1, -0.05) is 13.0 Å². The molecule has 0 saturated carbocycles. The van der Waals surface area contributed by atoms with Crippen LogP contribution in [0.4, 0.5) is 0 Å². The average Bonchev–Trinajstić information content (AvgIpc) is 3.00. The molecule has 0 spiro atoms. The molecule has 0 amide bonds. The zero-order valence-corrected chi connectivity index (χ0v) is 16.4. The van der Waals surface area contributed by atoms with E-state index in [1.165, 1.54) is 5.56 Å². The van der Waals surface area contributed by atoms with Crippen molar-refractivity contribution in [2.24, 2.45) is 4.99 Å². The van der Waals surface area contributed by atoms with Crippen molar-refractivity contribution in [1.29, 1.82) is 0 Å². The van der Waals surface area contributed by atoms with Crippen molar-refractivity contribution in [3.63, 3.8) is 0 Å². The molecule has 2 rings (SSSR count). The number of ether oxygens (including phenoxy) is 2. The van der Waals surface area contributed by atoms with E-state index in [4.69, 9.17) is 9.47 Å². The highest BCUT2D eigenvalue weighted by Crippen LogP contribution is 2.32. The Kier molecular flexibility index (Phi) is 9.08. The molecule has 0 aromatic heterocycles. The second-order valence-electron chi connectivity index (χ2n) is 5.26. The van der Waals surface area contributed by atoms with Crippen LogP contribution in [0.3, 0.4) is 0 Å². The molecule has 0 saturated heterocycles. The standard InChI is InChI=1S/C16H26N4O2.HI/c1-4-20(3)10-9-19-16(17-2)18-8-7-13-5-6-14-15(11-13)22-12-21-14;/h5-6,11H,4,7-10,12H2,1-3H3,(H2,17,18,19);1H. The Bertz CT molecular complexity index is 511. The van der Waals surface area contributed by atoms with Crippen molar-refractivity contribution >= 4 is 29.9 Å². The maximum atomic E-state index is 5.39. The van der Waals surface area contributed by atoms with Crippen LogP contribution in [-0.4, -0.2) is 57.9 Å². The molecule has 0 bridgehead atoms. The fraction of sp³-hybridized carbons (Fsp3) is 0.562. The smallest absolute Gasteiger partial charge is 0.231 e. The monoisotopic (exact) mass is 434 g/mol. The first-order valence-electron chi connectivity index (χ1n) is 7.74. The van der Waals surface area contributed by atoms with Crippen molar-refractivity contribution in [3.05, 3.63) is 23.8 Å². The van der Waals surface area contributed by atoms with Crippen LogP contribution in [0, 0.1) is 0 Å². The first kappa shape index (κ1) is 19.8. The first-order chi connectivity index (χ1) is 10.7. The van der Waals surface area contributed by atoms with Crippen LogP contribution in [0.25, 0.3) is 0 Å². The zero-order valence-electron chi connectivity index (χ0n) is 14.1. The van der Waals surface area contributed by atoms with Crippen LogP contribution in [0.15, 0.2) is 23.2 Å². The fourth-order valence-corrected chi connectivity index (χ4v) is 2.17. The zero-order chi connectivity index (χ0) is 15.8. The van der Waals surface area contributed by atoms with Gasteiger partial charge < -0.3 is 25.0 Å².